The maximum atomic E-state index is 13.1. The summed E-state index contributed by atoms with van der Waals surface area (Å²) in [6, 6.07) is 5.17. The number of nitrogens with two attached hydrogens (primary N) is 1. The molecule has 1 aliphatic heterocycles. The number of benzene rings is 1. The van der Waals surface area contributed by atoms with Crippen molar-refractivity contribution >= 4 is 23.5 Å². The molecule has 0 aliphatic carbocycles. The summed E-state index contributed by atoms with van der Waals surface area (Å²) in [5.41, 5.74) is 5.81. The number of alkyl halides is 2. The number of nitrogens with zero attached hydrogens (tertiary/aromatic N) is 4. The van der Waals surface area contributed by atoms with Gasteiger partial charge in [0.2, 0.25) is 6.43 Å². The molecule has 164 valence electrons. The number of aromatic nitrogens is 2. The number of rotatable bonds is 6. The van der Waals surface area contributed by atoms with Gasteiger partial charge in [0.05, 0.1) is 24.1 Å². The average Bonchev–Trinajstić information content (AvgIpc) is 3.12. The quantitative estimate of drug-likeness (QED) is 0.637. The minimum atomic E-state index is -2.81. The number of halogens is 3. The number of carboxylic acid groups (broad SMARTS) is 1. The topological polar surface area (TPSA) is 137 Å². The van der Waals surface area contributed by atoms with Gasteiger partial charge in [-0.15, -0.1) is 0 Å². The molecule has 12 heteroatoms. The molecule has 2 heterocycles. The fourth-order valence-corrected chi connectivity index (χ4v) is 3.73. The summed E-state index contributed by atoms with van der Waals surface area (Å²) >= 11 is 0. The Labute approximate surface area is 174 Å². The number of hydrogen-bond acceptors (Lipinski definition) is 5. The largest absolute Gasteiger partial charge is 0.465 e. The molecule has 0 bridgehead atoms. The molecule has 3 rings (SSSR count). The normalized spacial score (nSPS) is 21.0. The minimum absolute atomic E-state index is 0.0212. The Hall–Kier alpha value is -3.75. The maximum absolute atomic E-state index is 13.1. The summed E-state index contributed by atoms with van der Waals surface area (Å²) in [6.45, 7) is -0.0813. The van der Waals surface area contributed by atoms with Crippen molar-refractivity contribution in [1.29, 1.82) is 5.26 Å². The van der Waals surface area contributed by atoms with Crippen LogP contribution in [0.5, 0.6) is 0 Å². The van der Waals surface area contributed by atoms with Crippen LogP contribution in [0.2, 0.25) is 0 Å². The molecule has 9 nitrogen and oxygen atoms in total. The predicted octanol–water partition coefficient (Wildman–Crippen LogP) is 2.95. The van der Waals surface area contributed by atoms with Crippen LogP contribution in [0, 0.1) is 23.1 Å². The van der Waals surface area contributed by atoms with Gasteiger partial charge in [-0.1, -0.05) is 0 Å². The zero-order chi connectivity index (χ0) is 22.7. The molecule has 1 aromatic heterocycles. The smallest absolute Gasteiger partial charge is 0.407 e. The van der Waals surface area contributed by atoms with Crippen molar-refractivity contribution in [3.63, 3.8) is 0 Å². The van der Waals surface area contributed by atoms with Crippen molar-refractivity contribution in [3.05, 3.63) is 41.8 Å². The highest BCUT2D eigenvalue weighted by molar-refractivity contribution is 5.98. The first-order chi connectivity index (χ1) is 14.7. The number of piperidine rings is 1. The van der Waals surface area contributed by atoms with Gasteiger partial charge in [0.15, 0.2) is 5.82 Å². The Bertz CT molecular complexity index is 1000. The number of hydrogen-bond donors (Lipinski definition) is 3. The Kier molecular flexibility index (Phi) is 6.33. The molecular weight excluding hydrogens is 417 g/mol. The Morgan fingerprint density at radius 1 is 1.35 bits per heavy atom. The van der Waals surface area contributed by atoms with E-state index in [1.54, 1.807) is 0 Å². The molecule has 31 heavy (non-hydrogen) atoms. The van der Waals surface area contributed by atoms with Crippen LogP contribution >= 0.6 is 0 Å². The number of amides is 2. The van der Waals surface area contributed by atoms with Gasteiger partial charge in [0.1, 0.15) is 11.4 Å². The minimum Gasteiger partial charge on any atom is -0.465 e. The number of nitriles is 1. The van der Waals surface area contributed by atoms with Crippen LogP contribution in [-0.2, 0) is 0 Å². The van der Waals surface area contributed by atoms with E-state index >= 15 is 0 Å². The fraction of sp³-hybridized carbons (Fsp3) is 0.368. The highest BCUT2D eigenvalue weighted by atomic mass is 19.3. The lowest BCUT2D eigenvalue weighted by Gasteiger charge is -2.41. The van der Waals surface area contributed by atoms with Crippen molar-refractivity contribution in [1.82, 2.24) is 14.7 Å². The van der Waals surface area contributed by atoms with Crippen molar-refractivity contribution in [3.8, 4) is 6.07 Å². The first kappa shape index (κ1) is 21.9. The molecule has 2 amide bonds. The van der Waals surface area contributed by atoms with Gasteiger partial charge in [0, 0.05) is 24.8 Å². The van der Waals surface area contributed by atoms with Crippen LogP contribution in [0.3, 0.4) is 0 Å². The van der Waals surface area contributed by atoms with Gasteiger partial charge >= 0.3 is 6.09 Å². The molecule has 2 aromatic rings. The lowest BCUT2D eigenvalue weighted by Crippen LogP contribution is -2.52. The van der Waals surface area contributed by atoms with Crippen molar-refractivity contribution in [2.45, 2.75) is 31.4 Å². The molecule has 3 atom stereocenters. The van der Waals surface area contributed by atoms with Crippen molar-refractivity contribution in [2.75, 3.05) is 11.9 Å². The summed E-state index contributed by atoms with van der Waals surface area (Å²) in [6.07, 6.45) is -3.58. The van der Waals surface area contributed by atoms with E-state index in [4.69, 9.17) is 5.73 Å². The van der Waals surface area contributed by atoms with E-state index < -0.39 is 48.7 Å². The predicted molar refractivity (Wildman–Crippen MR) is 102 cm³/mol. The third-order valence-electron chi connectivity index (χ3n) is 5.15. The summed E-state index contributed by atoms with van der Waals surface area (Å²) in [5, 5.41) is 26.1. The summed E-state index contributed by atoms with van der Waals surface area (Å²) in [5.74, 6) is -2.37. The third-order valence-corrected chi connectivity index (χ3v) is 5.15. The number of nitrogens with one attached hydrogen (secondary N) is 1. The highest BCUT2D eigenvalue weighted by Crippen LogP contribution is 2.36. The third kappa shape index (κ3) is 4.71. The Balaban J connectivity index is 1.95. The first-order valence-corrected chi connectivity index (χ1v) is 9.30. The van der Waals surface area contributed by atoms with Crippen LogP contribution in [-0.4, -0.2) is 50.8 Å². The van der Waals surface area contributed by atoms with Gasteiger partial charge in [-0.3, -0.25) is 9.48 Å². The van der Waals surface area contributed by atoms with E-state index in [2.05, 4.69) is 10.4 Å². The molecule has 1 aliphatic rings. The van der Waals surface area contributed by atoms with E-state index in [9.17, 15) is 33.1 Å². The SMILES string of the molecule is N#C[C@H]1C(CC(F)F)N(C(=O)O)CC[C@H]1n1cc(C(N)=O)c(Nc2ccc(F)cc2)n1. The molecule has 1 unspecified atom stereocenters. The average molecular weight is 436 g/mol. The van der Waals surface area contributed by atoms with Crippen LogP contribution in [0.4, 0.5) is 29.5 Å². The second-order valence-electron chi connectivity index (χ2n) is 7.05. The van der Waals surface area contributed by atoms with Crippen LogP contribution < -0.4 is 11.1 Å². The molecule has 0 spiro atoms. The Morgan fingerprint density at radius 3 is 2.58 bits per heavy atom. The fourth-order valence-electron chi connectivity index (χ4n) is 3.73. The summed E-state index contributed by atoms with van der Waals surface area (Å²) < 4.78 is 40.6. The number of likely N-dealkylation sites (tertiary alicyclic amines) is 1. The summed E-state index contributed by atoms with van der Waals surface area (Å²) in [7, 11) is 0. The van der Waals surface area contributed by atoms with Crippen LogP contribution in [0.1, 0.15) is 29.2 Å². The van der Waals surface area contributed by atoms with Crippen LogP contribution in [0.25, 0.3) is 0 Å². The molecule has 0 saturated carbocycles. The standard InChI is InChI=1S/C19H19F3N6O3/c20-10-1-3-11(4-2-10)25-18-13(17(24)29)9-28(26-18)14-5-6-27(19(30)31)15(7-16(21)22)12(14)8-23/h1-4,9,12,14-16H,5-7H2,(H2,24,29)(H,25,26)(H,30,31)/t12-,14-,15?/m1/s1. The molecule has 1 aromatic carbocycles. The van der Waals surface area contributed by atoms with E-state index in [-0.39, 0.29) is 24.3 Å². The summed E-state index contributed by atoms with van der Waals surface area (Å²) in [4.78, 5) is 24.2. The van der Waals surface area contributed by atoms with Crippen molar-refractivity contribution in [2.24, 2.45) is 11.7 Å². The van der Waals surface area contributed by atoms with Crippen LogP contribution in [0.15, 0.2) is 30.5 Å². The second kappa shape index (κ2) is 8.95. The zero-order valence-electron chi connectivity index (χ0n) is 16.1. The second-order valence-corrected chi connectivity index (χ2v) is 7.05. The Morgan fingerprint density at radius 2 is 2.03 bits per heavy atom. The number of carbonyl (C=O) groups is 2. The zero-order valence-corrected chi connectivity index (χ0v) is 16.1. The number of primary amides is 1. The molecule has 1 fully saturated rings. The van der Waals surface area contributed by atoms with Crippen molar-refractivity contribution < 1.29 is 27.9 Å². The molecule has 4 N–H and O–H groups in total. The molecule has 0 radical (unpaired) electrons. The van der Waals surface area contributed by atoms with E-state index in [0.717, 1.165) is 4.90 Å². The van der Waals surface area contributed by atoms with E-state index in [1.165, 1.54) is 35.1 Å². The lowest BCUT2D eigenvalue weighted by atomic mass is 9.84. The van der Waals surface area contributed by atoms with Gasteiger partial charge in [0.25, 0.3) is 5.91 Å². The number of anilines is 2. The van der Waals surface area contributed by atoms with E-state index in [1.807, 2.05) is 6.07 Å². The molecule has 1 saturated heterocycles. The van der Waals surface area contributed by atoms with Gasteiger partial charge in [-0.2, -0.15) is 10.4 Å². The van der Waals surface area contributed by atoms with Gasteiger partial charge < -0.3 is 21.1 Å². The van der Waals surface area contributed by atoms with E-state index in [0.29, 0.717) is 5.69 Å². The highest BCUT2D eigenvalue weighted by Gasteiger charge is 2.43. The van der Waals surface area contributed by atoms with Gasteiger partial charge in [-0.05, 0) is 30.7 Å². The number of carbonyl (C=O) groups excluding carboxylic acids is 1. The van der Waals surface area contributed by atoms with Gasteiger partial charge in [-0.25, -0.2) is 18.0 Å². The monoisotopic (exact) mass is 436 g/mol. The maximum Gasteiger partial charge on any atom is 0.407 e. The molecular formula is C19H19F3N6O3. The first-order valence-electron chi connectivity index (χ1n) is 9.30. The lowest BCUT2D eigenvalue weighted by molar-refractivity contribution is 0.0271.